The van der Waals surface area contributed by atoms with Crippen LogP contribution in [0.15, 0.2) is 59.6 Å². The van der Waals surface area contributed by atoms with Crippen LogP contribution in [-0.4, -0.2) is 40.8 Å². The quantitative estimate of drug-likeness (QED) is 0.374. The number of hydrogen-bond donors (Lipinski definition) is 2. The Morgan fingerprint density at radius 1 is 1.08 bits per heavy atom. The Morgan fingerprint density at radius 3 is 2.43 bits per heavy atom. The van der Waals surface area contributed by atoms with Crippen molar-refractivity contribution in [1.29, 1.82) is 0 Å². The lowest BCUT2D eigenvalue weighted by molar-refractivity contribution is -0.139. The van der Waals surface area contributed by atoms with Gasteiger partial charge < -0.3 is 10.0 Å². The first-order chi connectivity index (χ1) is 17.9. The van der Waals surface area contributed by atoms with Crippen LogP contribution in [0.2, 0.25) is 0 Å². The van der Waals surface area contributed by atoms with Crippen LogP contribution in [-0.2, 0) is 16.0 Å². The van der Waals surface area contributed by atoms with Crippen LogP contribution in [0, 0.1) is 11.8 Å². The second kappa shape index (κ2) is 12.1. The topological polar surface area (TPSA) is 96.0 Å². The summed E-state index contributed by atoms with van der Waals surface area (Å²) in [6.45, 7) is 4.59. The Balaban J connectivity index is 1.81. The van der Waals surface area contributed by atoms with Crippen molar-refractivity contribution in [3.8, 4) is 0 Å². The molecule has 2 aromatic rings. The molecule has 1 saturated carbocycles. The number of aliphatic hydroxyl groups excluding tert-OH is 1. The van der Waals surface area contributed by atoms with Gasteiger partial charge in [-0.3, -0.25) is 15.3 Å². The third kappa shape index (κ3) is 6.19. The molecule has 1 unspecified atom stereocenters. The molecule has 0 saturated heterocycles. The highest BCUT2D eigenvalue weighted by Gasteiger charge is 2.51. The van der Waals surface area contributed by atoms with Crippen molar-refractivity contribution in [2.75, 3.05) is 11.4 Å². The number of Topliss-reactive ketones (excluding diaryl/α,β-unsaturated/α-hetero) is 1. The number of fused-ring (bicyclic) bond motifs is 1. The fourth-order valence-corrected chi connectivity index (χ4v) is 5.26. The van der Waals surface area contributed by atoms with Crippen LogP contribution in [0.1, 0.15) is 76.3 Å². The number of carbonyl (C=O) groups excluding carboxylic acids is 2. The van der Waals surface area contributed by atoms with Crippen LogP contribution in [0.25, 0.3) is 0 Å². The summed E-state index contributed by atoms with van der Waals surface area (Å²) in [5.41, 5.74) is 7.98. The van der Waals surface area contributed by atoms with E-state index in [-0.39, 0.29) is 0 Å². The van der Waals surface area contributed by atoms with Gasteiger partial charge in [-0.2, -0.15) is 0 Å². The van der Waals surface area contributed by atoms with Gasteiger partial charge in [0.15, 0.2) is 5.78 Å². The van der Waals surface area contributed by atoms with Crippen LogP contribution in [0.3, 0.4) is 0 Å². The number of para-hydroxylation sites is 1. The van der Waals surface area contributed by atoms with Crippen molar-refractivity contribution < 1.29 is 14.7 Å². The molecule has 0 bridgehead atoms. The predicted molar refractivity (Wildman–Crippen MR) is 149 cm³/mol. The van der Waals surface area contributed by atoms with Crippen molar-refractivity contribution in [3.05, 3.63) is 65.7 Å². The van der Waals surface area contributed by atoms with Crippen LogP contribution in [0.4, 0.5) is 5.69 Å². The van der Waals surface area contributed by atoms with E-state index in [0.717, 1.165) is 55.3 Å². The van der Waals surface area contributed by atoms with E-state index in [2.05, 4.69) is 13.8 Å². The molecular formula is C31H41N3O3. The Labute approximate surface area is 221 Å². The molecule has 37 heavy (non-hydrogen) atoms. The molecule has 0 aromatic heterocycles. The number of nitrogens with zero attached hydrogens (tertiary/aromatic N) is 2. The van der Waals surface area contributed by atoms with Gasteiger partial charge in [-0.15, -0.1) is 0 Å². The van der Waals surface area contributed by atoms with Crippen molar-refractivity contribution in [1.82, 2.24) is 0 Å². The summed E-state index contributed by atoms with van der Waals surface area (Å²) in [7, 11) is 0. The molecule has 1 aliphatic carbocycles. The smallest absolute Gasteiger partial charge is 0.277 e. The molecule has 6 nitrogen and oxygen atoms in total. The predicted octanol–water partition coefficient (Wildman–Crippen LogP) is 5.06. The maximum absolute atomic E-state index is 14.3. The number of aliphatic hydroxyl groups is 1. The zero-order valence-electron chi connectivity index (χ0n) is 22.2. The first-order valence-corrected chi connectivity index (χ1v) is 13.9. The highest BCUT2D eigenvalue weighted by Crippen LogP contribution is 2.39. The molecule has 1 amide bonds. The summed E-state index contributed by atoms with van der Waals surface area (Å²) in [6.07, 6.45) is 6.21. The molecule has 2 aliphatic rings. The number of amides is 1. The van der Waals surface area contributed by atoms with E-state index in [9.17, 15) is 14.7 Å². The maximum Gasteiger partial charge on any atom is 0.277 e. The van der Waals surface area contributed by atoms with Gasteiger partial charge in [0.25, 0.3) is 5.91 Å². The highest BCUT2D eigenvalue weighted by molar-refractivity contribution is 6.23. The average Bonchev–Trinajstić information content (AvgIpc) is 3.75. The van der Waals surface area contributed by atoms with E-state index >= 15 is 0 Å². The Morgan fingerprint density at radius 2 is 1.76 bits per heavy atom. The number of hydrogen-bond acceptors (Lipinski definition) is 5. The first-order valence-electron chi connectivity index (χ1n) is 13.9. The highest BCUT2D eigenvalue weighted by atomic mass is 16.3. The molecule has 0 radical (unpaired) electrons. The third-order valence-electron chi connectivity index (χ3n) is 7.65. The fraction of sp³-hybridized carbons (Fsp3) is 0.516. The van der Waals surface area contributed by atoms with Crippen LogP contribution in [0.5, 0.6) is 0 Å². The summed E-state index contributed by atoms with van der Waals surface area (Å²) in [5, 5.41) is 11.1. The molecule has 3 N–H and O–H groups in total. The van der Waals surface area contributed by atoms with E-state index in [1.54, 1.807) is 4.90 Å². The summed E-state index contributed by atoms with van der Waals surface area (Å²) >= 11 is 0. The molecule has 3 atom stereocenters. The van der Waals surface area contributed by atoms with Gasteiger partial charge in [0.1, 0.15) is 0 Å². The van der Waals surface area contributed by atoms with Gasteiger partial charge in [-0.25, -0.2) is 4.99 Å². The minimum Gasteiger partial charge on any atom is -0.392 e. The normalized spacial score (nSPS) is 21.1. The second-order valence-corrected chi connectivity index (χ2v) is 10.7. The van der Waals surface area contributed by atoms with Gasteiger partial charge in [0.2, 0.25) is 5.66 Å². The van der Waals surface area contributed by atoms with E-state index < -0.39 is 29.4 Å². The summed E-state index contributed by atoms with van der Waals surface area (Å²) in [4.78, 5) is 35.0. The summed E-state index contributed by atoms with van der Waals surface area (Å²) < 4.78 is 0. The van der Waals surface area contributed by atoms with Crippen LogP contribution < -0.4 is 10.6 Å². The number of benzene rings is 2. The van der Waals surface area contributed by atoms with E-state index in [0.29, 0.717) is 37.4 Å². The van der Waals surface area contributed by atoms with Crippen molar-refractivity contribution in [2.24, 2.45) is 22.6 Å². The number of ketones is 1. The molecule has 198 valence electrons. The molecular weight excluding hydrogens is 462 g/mol. The Bertz CT molecular complexity index is 1110. The second-order valence-electron chi connectivity index (χ2n) is 10.7. The fourth-order valence-electron chi connectivity index (χ4n) is 5.26. The van der Waals surface area contributed by atoms with Gasteiger partial charge in [0.05, 0.1) is 17.5 Å². The van der Waals surface area contributed by atoms with Gasteiger partial charge >= 0.3 is 0 Å². The Hall–Kier alpha value is -2.83. The summed E-state index contributed by atoms with van der Waals surface area (Å²) in [6, 6.07) is 17.6. The number of rotatable bonds is 13. The minimum absolute atomic E-state index is 0.399. The first kappa shape index (κ1) is 27.2. The van der Waals surface area contributed by atoms with Gasteiger partial charge in [0, 0.05) is 24.4 Å². The number of nitrogens with two attached hydrogens (primary N) is 1. The zero-order chi connectivity index (χ0) is 26.4. The minimum atomic E-state index is -2.08. The molecule has 1 aliphatic heterocycles. The van der Waals surface area contributed by atoms with E-state index in [1.165, 1.54) is 0 Å². The van der Waals surface area contributed by atoms with E-state index in [4.69, 9.17) is 10.7 Å². The SMILES string of the molecule is CCCC[C@H](O)[C@@H](CC1CC1)C(=O)C1(N)N=C(Cc2ccccc2)c2ccccc2N(CCCC)C1=O. The molecule has 4 rings (SSSR count). The molecule has 0 spiro atoms. The monoisotopic (exact) mass is 503 g/mol. The number of aliphatic imine (C=N–C) groups is 1. The average molecular weight is 504 g/mol. The van der Waals surface area contributed by atoms with Crippen LogP contribution >= 0.6 is 0 Å². The molecule has 6 heteroatoms. The maximum atomic E-state index is 14.3. The van der Waals surface area contributed by atoms with Crippen molar-refractivity contribution in [2.45, 2.75) is 83.4 Å². The standard InChI is InChI=1S/C31H41N3O3/c1-3-5-16-28(35)25(20-23-17-18-23)29(36)31(32)30(37)34(19-6-4-2)27-15-11-10-14-24(27)26(33-31)21-22-12-8-7-9-13-22/h7-15,23,25,28,35H,3-6,16-21,32H2,1-2H3/t25-,28+,31?/m1/s1. The van der Waals surface area contributed by atoms with Crippen molar-refractivity contribution >= 4 is 23.1 Å². The lowest BCUT2D eigenvalue weighted by Crippen LogP contribution is -2.62. The number of unbranched alkanes of at least 4 members (excludes halogenated alkanes) is 2. The molecule has 2 aromatic carbocycles. The molecule has 1 fully saturated rings. The zero-order valence-corrected chi connectivity index (χ0v) is 22.2. The third-order valence-corrected chi connectivity index (χ3v) is 7.65. The number of carbonyl (C=O) groups is 2. The molecule has 1 heterocycles. The van der Waals surface area contributed by atoms with E-state index in [1.807, 2.05) is 54.6 Å². The lowest BCUT2D eigenvalue weighted by Gasteiger charge is -2.33. The lowest BCUT2D eigenvalue weighted by atomic mass is 9.82. The van der Waals surface area contributed by atoms with Gasteiger partial charge in [-0.1, -0.05) is 94.5 Å². The number of benzodiazepines with no additional fused rings is 1. The van der Waals surface area contributed by atoms with Gasteiger partial charge in [-0.05, 0) is 36.8 Å². The van der Waals surface area contributed by atoms with Crippen molar-refractivity contribution in [3.63, 3.8) is 0 Å². The summed E-state index contributed by atoms with van der Waals surface area (Å²) in [5.74, 6) is -1.25. The Kier molecular flexibility index (Phi) is 8.93. The largest absolute Gasteiger partial charge is 0.392 e. The number of anilines is 1.